The van der Waals surface area contributed by atoms with Crippen LogP contribution in [0.3, 0.4) is 0 Å². The molecule has 0 aromatic rings. The summed E-state index contributed by atoms with van der Waals surface area (Å²) in [5.74, 6) is 0.999. The molecule has 1 aliphatic heterocycles. The minimum atomic E-state index is -10.7. The van der Waals surface area contributed by atoms with E-state index in [0.29, 0.717) is 0 Å². The van der Waals surface area contributed by atoms with Gasteiger partial charge in [-0.05, 0) is 18.8 Å². The Hall–Kier alpha value is -0.0300. The van der Waals surface area contributed by atoms with E-state index in [2.05, 4.69) is 14.0 Å². The third-order valence-electron chi connectivity index (χ3n) is 2.13. The first-order chi connectivity index (χ1) is 6.24. The molecule has 0 radical (unpaired) electrons. The van der Waals surface area contributed by atoms with E-state index < -0.39 is 7.81 Å². The van der Waals surface area contributed by atoms with Crippen molar-refractivity contribution in [1.29, 1.82) is 0 Å². The van der Waals surface area contributed by atoms with Gasteiger partial charge in [0, 0.05) is 0 Å². The summed E-state index contributed by atoms with van der Waals surface area (Å²) in [5.41, 5.74) is 0. The molecule has 0 spiro atoms. The van der Waals surface area contributed by atoms with Gasteiger partial charge in [-0.1, -0.05) is 6.92 Å². The molecular weight excluding hydrogens is 243 g/mol. The normalized spacial score (nSPS) is 32.0. The quantitative estimate of drug-likeness (QED) is 0.503. The van der Waals surface area contributed by atoms with Crippen molar-refractivity contribution in [2.45, 2.75) is 19.8 Å². The van der Waals surface area contributed by atoms with E-state index in [9.17, 15) is 25.2 Å². The van der Waals surface area contributed by atoms with Crippen LogP contribution in [-0.4, -0.2) is 20.1 Å². The summed E-state index contributed by atoms with van der Waals surface area (Å²) >= 11 is 0. The van der Waals surface area contributed by atoms with Crippen molar-refractivity contribution in [3.63, 3.8) is 0 Å². The topological polar surface area (TPSA) is 4.44 Å². The number of hydrogen-bond acceptors (Lipinski definition) is 0. The maximum atomic E-state index is 9.87. The second-order valence-electron chi connectivity index (χ2n) is 4.10. The standard InChI is InChI=1S/C7H15N.F6P/c1-7-3-5-8(2)6-4-7;1-7(2,3,4,5)6/h7H,3-6H2,1-2H3;/q;-1/p+1. The van der Waals surface area contributed by atoms with Gasteiger partial charge in [-0.3, -0.25) is 0 Å². The summed E-state index contributed by atoms with van der Waals surface area (Å²) in [5, 5.41) is 0. The van der Waals surface area contributed by atoms with Gasteiger partial charge in [-0.15, -0.1) is 0 Å². The van der Waals surface area contributed by atoms with Crippen LogP contribution in [0, 0.1) is 5.92 Å². The molecule has 1 heterocycles. The molecule has 15 heavy (non-hydrogen) atoms. The van der Waals surface area contributed by atoms with Gasteiger partial charge < -0.3 is 4.90 Å². The molecule has 0 amide bonds. The first-order valence-electron chi connectivity index (χ1n) is 4.62. The molecule has 0 unspecified atom stereocenters. The third-order valence-corrected chi connectivity index (χ3v) is 2.13. The summed E-state index contributed by atoms with van der Waals surface area (Å²) < 4.78 is 59.2. The molecule has 1 fully saturated rings. The van der Waals surface area contributed by atoms with Gasteiger partial charge in [0.1, 0.15) is 0 Å². The van der Waals surface area contributed by atoms with E-state index in [0.717, 1.165) is 5.92 Å². The summed E-state index contributed by atoms with van der Waals surface area (Å²) in [6, 6.07) is 0. The van der Waals surface area contributed by atoms with Gasteiger partial charge in [0.2, 0.25) is 0 Å². The minimum absolute atomic E-state index is 0.999. The first-order valence-corrected chi connectivity index (χ1v) is 6.64. The molecule has 0 bridgehead atoms. The third kappa shape index (κ3) is 20.1. The van der Waals surface area contributed by atoms with E-state index in [-0.39, 0.29) is 0 Å². The molecule has 8 heteroatoms. The Morgan fingerprint density at radius 3 is 1.40 bits per heavy atom. The Kier molecular flexibility index (Phi) is 3.76. The Bertz CT molecular complexity index is 179. The van der Waals surface area contributed by atoms with Gasteiger partial charge in [0.25, 0.3) is 0 Å². The van der Waals surface area contributed by atoms with Crippen LogP contribution in [0.4, 0.5) is 25.2 Å². The molecule has 96 valence electrons. The Morgan fingerprint density at radius 1 is 0.933 bits per heavy atom. The molecule has 1 rings (SSSR count). The predicted molar refractivity (Wildman–Crippen MR) is 48.6 cm³/mol. The van der Waals surface area contributed by atoms with Gasteiger partial charge in [0.15, 0.2) is 0 Å². The summed E-state index contributed by atoms with van der Waals surface area (Å²) in [7, 11) is -8.37. The van der Waals surface area contributed by atoms with Crippen molar-refractivity contribution in [2.75, 3.05) is 20.1 Å². The molecular formula is C7H16F6NP. The van der Waals surface area contributed by atoms with Crippen LogP contribution in [0.15, 0.2) is 0 Å². The second kappa shape index (κ2) is 3.77. The van der Waals surface area contributed by atoms with Gasteiger partial charge >= 0.3 is 33.0 Å². The Morgan fingerprint density at radius 2 is 1.20 bits per heavy atom. The van der Waals surface area contributed by atoms with Crippen molar-refractivity contribution in [3.05, 3.63) is 0 Å². The van der Waals surface area contributed by atoms with Gasteiger partial charge in [-0.2, -0.15) is 0 Å². The zero-order chi connectivity index (χ0) is 12.4. The van der Waals surface area contributed by atoms with Crippen LogP contribution < -0.4 is 4.90 Å². The van der Waals surface area contributed by atoms with Crippen molar-refractivity contribution in [1.82, 2.24) is 0 Å². The number of hydrogen-bond donors (Lipinski definition) is 1. The van der Waals surface area contributed by atoms with Crippen molar-refractivity contribution in [2.24, 2.45) is 5.92 Å². The van der Waals surface area contributed by atoms with Gasteiger partial charge in [0.05, 0.1) is 20.1 Å². The fourth-order valence-corrected chi connectivity index (χ4v) is 1.25. The van der Waals surface area contributed by atoms with Crippen LogP contribution in [0.2, 0.25) is 0 Å². The second-order valence-corrected chi connectivity index (χ2v) is 6.01. The SMILES string of the molecule is CC1CC[NH+](C)CC1.F[P-](F)(F)(F)(F)F. The monoisotopic (exact) mass is 259 g/mol. The number of rotatable bonds is 0. The molecule has 1 aliphatic rings. The van der Waals surface area contributed by atoms with E-state index in [4.69, 9.17) is 0 Å². The Labute approximate surface area is 84.7 Å². The molecule has 0 aliphatic carbocycles. The van der Waals surface area contributed by atoms with Crippen LogP contribution in [0.1, 0.15) is 19.8 Å². The maximum absolute atomic E-state index is 10.7. The average molecular weight is 259 g/mol. The molecule has 0 saturated carbocycles. The van der Waals surface area contributed by atoms with E-state index in [1.165, 1.54) is 25.9 Å². The summed E-state index contributed by atoms with van der Waals surface area (Å²) in [4.78, 5) is 1.71. The fraction of sp³-hybridized carbons (Fsp3) is 1.00. The van der Waals surface area contributed by atoms with Crippen LogP contribution in [-0.2, 0) is 0 Å². The zero-order valence-corrected chi connectivity index (χ0v) is 9.52. The molecule has 1 saturated heterocycles. The molecule has 0 atom stereocenters. The summed E-state index contributed by atoms with van der Waals surface area (Å²) in [6.07, 6.45) is 2.87. The average Bonchev–Trinajstić information content (AvgIpc) is 1.88. The molecule has 1 nitrogen and oxygen atoms in total. The summed E-state index contributed by atoms with van der Waals surface area (Å²) in [6.45, 7) is 5.13. The number of nitrogens with one attached hydrogen (secondary N) is 1. The number of halogens is 6. The number of quaternary nitrogens is 1. The molecule has 1 N–H and O–H groups in total. The first kappa shape index (κ1) is 15.0. The van der Waals surface area contributed by atoms with Crippen LogP contribution in [0.5, 0.6) is 0 Å². The predicted octanol–water partition coefficient (Wildman–Crippen LogP) is 3.31. The van der Waals surface area contributed by atoms with Crippen molar-refractivity contribution in [3.8, 4) is 0 Å². The number of likely N-dealkylation sites (tertiary alicyclic amines) is 1. The van der Waals surface area contributed by atoms with E-state index >= 15 is 0 Å². The fourth-order valence-electron chi connectivity index (χ4n) is 1.25. The Balaban J connectivity index is 0.000000265. The molecule has 0 aromatic carbocycles. The molecule has 0 aromatic heterocycles. The van der Waals surface area contributed by atoms with Crippen molar-refractivity contribution < 1.29 is 30.1 Å². The van der Waals surface area contributed by atoms with E-state index in [1.54, 1.807) is 4.90 Å². The van der Waals surface area contributed by atoms with Crippen LogP contribution in [0.25, 0.3) is 0 Å². The van der Waals surface area contributed by atoms with Crippen molar-refractivity contribution >= 4 is 7.81 Å². The zero-order valence-electron chi connectivity index (χ0n) is 8.62. The van der Waals surface area contributed by atoms with E-state index in [1.807, 2.05) is 0 Å². The van der Waals surface area contributed by atoms with Gasteiger partial charge in [-0.25, -0.2) is 0 Å². The number of piperidine rings is 1. The van der Waals surface area contributed by atoms with Crippen LogP contribution >= 0.6 is 7.81 Å².